The summed E-state index contributed by atoms with van der Waals surface area (Å²) in [5.41, 5.74) is -0.422. The molecule has 0 aromatic rings. The van der Waals surface area contributed by atoms with Gasteiger partial charge in [-0.05, 0) is 30.6 Å². The molecule has 0 spiro atoms. The van der Waals surface area contributed by atoms with Gasteiger partial charge >= 0.3 is 0 Å². The summed E-state index contributed by atoms with van der Waals surface area (Å²) in [6.07, 6.45) is 4.44. The normalized spacial score (nSPS) is 28.8. The number of hydrogen-bond donors (Lipinski definition) is 0. The second kappa shape index (κ2) is 5.41. The Morgan fingerprint density at radius 2 is 2.00 bits per heavy atom. The molecule has 0 aromatic carbocycles. The van der Waals surface area contributed by atoms with E-state index in [1.54, 1.807) is 7.11 Å². The Kier molecular flexibility index (Phi) is 4.68. The fourth-order valence-corrected chi connectivity index (χ4v) is 3.14. The number of hydrogen-bond acceptors (Lipinski definition) is 3. The number of carbonyl (C=O) groups is 1. The van der Waals surface area contributed by atoms with Crippen LogP contribution in [0.25, 0.3) is 0 Å². The molecule has 4 heteroatoms. The van der Waals surface area contributed by atoms with Crippen LogP contribution in [-0.2, 0) is 14.0 Å². The molecule has 1 rings (SSSR count). The minimum absolute atomic E-state index is 0.182. The van der Waals surface area contributed by atoms with Gasteiger partial charge in [-0.2, -0.15) is 0 Å². The lowest BCUT2D eigenvalue weighted by atomic mass is 9.77. The number of carbonyl (C=O) groups excluding carboxylic acids is 1. The van der Waals surface area contributed by atoms with Crippen molar-refractivity contribution in [3.63, 3.8) is 0 Å². The zero-order valence-corrected chi connectivity index (χ0v) is 14.4. The molecular formula is C15H28O3Si. The van der Waals surface area contributed by atoms with Gasteiger partial charge in [0.2, 0.25) is 8.32 Å². The van der Waals surface area contributed by atoms with Crippen LogP contribution >= 0.6 is 0 Å². The van der Waals surface area contributed by atoms with Crippen molar-refractivity contribution in [2.75, 3.05) is 7.11 Å². The van der Waals surface area contributed by atoms with Crippen molar-refractivity contribution in [2.45, 2.75) is 64.8 Å². The van der Waals surface area contributed by atoms with Gasteiger partial charge in [-0.25, -0.2) is 0 Å². The first kappa shape index (κ1) is 16.4. The average Bonchev–Trinajstić information content (AvgIpc) is 2.30. The van der Waals surface area contributed by atoms with Gasteiger partial charge < -0.3 is 14.0 Å². The highest BCUT2D eigenvalue weighted by atomic mass is 28.4. The molecule has 0 aromatic heterocycles. The lowest BCUT2D eigenvalue weighted by Gasteiger charge is -2.41. The molecule has 0 heterocycles. The molecule has 0 aliphatic heterocycles. The maximum Gasteiger partial charge on any atom is 0.250 e. The highest BCUT2D eigenvalue weighted by Gasteiger charge is 2.42. The van der Waals surface area contributed by atoms with E-state index in [-0.39, 0.29) is 11.1 Å². The molecular weight excluding hydrogens is 256 g/mol. The molecule has 110 valence electrons. The third-order valence-electron chi connectivity index (χ3n) is 4.61. The van der Waals surface area contributed by atoms with Crippen LogP contribution in [0.3, 0.4) is 0 Å². The quantitative estimate of drug-likeness (QED) is 0.580. The standard InChI is InChI=1S/C15H28O3Si/c1-14(2,3)19(6,7)18-12-8-9-15(4,11-16)13(10-12)17-5/h10-11,13H,8-9H2,1-7H3/t13-,15-/m0/s1. The Morgan fingerprint density at radius 3 is 2.42 bits per heavy atom. The van der Waals surface area contributed by atoms with E-state index in [4.69, 9.17) is 9.16 Å². The second-order valence-electron chi connectivity index (χ2n) is 7.28. The molecule has 1 aliphatic rings. The molecule has 0 fully saturated rings. The molecule has 1 aliphatic carbocycles. The summed E-state index contributed by atoms with van der Waals surface area (Å²) in [6, 6.07) is 0. The Morgan fingerprint density at radius 1 is 1.42 bits per heavy atom. The highest BCUT2D eigenvalue weighted by molar-refractivity contribution is 6.74. The molecule has 3 nitrogen and oxygen atoms in total. The van der Waals surface area contributed by atoms with Gasteiger partial charge in [0.15, 0.2) is 0 Å². The van der Waals surface area contributed by atoms with E-state index in [2.05, 4.69) is 33.9 Å². The van der Waals surface area contributed by atoms with Crippen molar-refractivity contribution >= 4 is 14.6 Å². The van der Waals surface area contributed by atoms with Crippen molar-refractivity contribution < 1.29 is 14.0 Å². The SMILES string of the molecule is CO[C@H]1C=C(O[Si](C)(C)C(C)(C)C)CC[C@@]1(C)C=O. The average molecular weight is 284 g/mol. The lowest BCUT2D eigenvalue weighted by molar-refractivity contribution is -0.122. The minimum Gasteiger partial charge on any atom is -0.547 e. The summed E-state index contributed by atoms with van der Waals surface area (Å²) in [5, 5.41) is 0.182. The largest absolute Gasteiger partial charge is 0.547 e. The summed E-state index contributed by atoms with van der Waals surface area (Å²) in [7, 11) is -0.152. The Hall–Kier alpha value is -0.613. The monoisotopic (exact) mass is 284 g/mol. The molecule has 0 unspecified atom stereocenters. The predicted octanol–water partition coefficient (Wildman–Crippen LogP) is 3.91. The highest BCUT2D eigenvalue weighted by Crippen LogP contribution is 2.41. The summed E-state index contributed by atoms with van der Waals surface area (Å²) in [4.78, 5) is 11.3. The van der Waals surface area contributed by atoms with E-state index in [0.717, 1.165) is 24.9 Å². The zero-order valence-electron chi connectivity index (χ0n) is 13.4. The van der Waals surface area contributed by atoms with Crippen molar-refractivity contribution in [3.8, 4) is 0 Å². The molecule has 0 amide bonds. The maximum atomic E-state index is 11.3. The van der Waals surface area contributed by atoms with Gasteiger partial charge in [-0.3, -0.25) is 0 Å². The van der Waals surface area contributed by atoms with Gasteiger partial charge in [0.1, 0.15) is 6.29 Å². The van der Waals surface area contributed by atoms with Gasteiger partial charge in [0.25, 0.3) is 0 Å². The predicted molar refractivity (Wildman–Crippen MR) is 80.6 cm³/mol. The molecule has 0 N–H and O–H groups in total. The molecule has 2 atom stereocenters. The third-order valence-corrected chi connectivity index (χ3v) is 9.00. The number of methoxy groups -OCH3 is 1. The maximum absolute atomic E-state index is 11.3. The Labute approximate surface area is 118 Å². The first-order valence-corrected chi connectivity index (χ1v) is 9.85. The summed E-state index contributed by atoms with van der Waals surface area (Å²) in [5.74, 6) is 0.998. The Bertz CT molecular complexity index is 368. The van der Waals surface area contributed by atoms with Crippen LogP contribution in [-0.4, -0.2) is 27.8 Å². The Balaban J connectivity index is 2.91. The number of allylic oxidation sites excluding steroid dienone is 1. The van der Waals surface area contributed by atoms with E-state index in [1.807, 2.05) is 13.0 Å². The minimum atomic E-state index is -1.80. The zero-order chi connectivity index (χ0) is 14.9. The van der Waals surface area contributed by atoms with E-state index in [9.17, 15) is 4.79 Å². The molecule has 0 bridgehead atoms. The smallest absolute Gasteiger partial charge is 0.250 e. The number of rotatable bonds is 4. The van der Waals surface area contributed by atoms with Crippen LogP contribution in [0.5, 0.6) is 0 Å². The first-order chi connectivity index (χ1) is 8.55. The van der Waals surface area contributed by atoms with E-state index < -0.39 is 13.7 Å². The van der Waals surface area contributed by atoms with Crippen LogP contribution in [0.1, 0.15) is 40.5 Å². The summed E-state index contributed by atoms with van der Waals surface area (Å²) < 4.78 is 11.8. The summed E-state index contributed by atoms with van der Waals surface area (Å²) >= 11 is 0. The van der Waals surface area contributed by atoms with Gasteiger partial charge in [0.05, 0.1) is 17.3 Å². The fraction of sp³-hybridized carbons (Fsp3) is 0.800. The number of aldehydes is 1. The molecule has 0 saturated carbocycles. The van der Waals surface area contributed by atoms with Crippen LogP contribution < -0.4 is 0 Å². The van der Waals surface area contributed by atoms with Crippen molar-refractivity contribution in [2.24, 2.45) is 5.41 Å². The fourth-order valence-electron chi connectivity index (χ4n) is 2.01. The molecule has 0 radical (unpaired) electrons. The van der Waals surface area contributed by atoms with Gasteiger partial charge in [-0.1, -0.05) is 27.7 Å². The van der Waals surface area contributed by atoms with Gasteiger partial charge in [-0.15, -0.1) is 0 Å². The summed E-state index contributed by atoms with van der Waals surface area (Å²) in [6.45, 7) is 13.1. The number of ether oxygens (including phenoxy) is 1. The van der Waals surface area contributed by atoms with Crippen molar-refractivity contribution in [1.29, 1.82) is 0 Å². The third kappa shape index (κ3) is 3.48. The van der Waals surface area contributed by atoms with Crippen molar-refractivity contribution in [1.82, 2.24) is 0 Å². The van der Waals surface area contributed by atoms with Crippen LogP contribution in [0.15, 0.2) is 11.8 Å². The molecule has 19 heavy (non-hydrogen) atoms. The van der Waals surface area contributed by atoms with Crippen LogP contribution in [0.4, 0.5) is 0 Å². The van der Waals surface area contributed by atoms with Gasteiger partial charge in [0, 0.05) is 13.5 Å². The molecule has 0 saturated heterocycles. The first-order valence-electron chi connectivity index (χ1n) is 6.94. The topological polar surface area (TPSA) is 35.5 Å². The second-order valence-corrected chi connectivity index (χ2v) is 12.0. The van der Waals surface area contributed by atoms with E-state index in [1.165, 1.54) is 0 Å². The van der Waals surface area contributed by atoms with E-state index >= 15 is 0 Å². The lowest BCUT2D eigenvalue weighted by Crippen LogP contribution is -2.43. The van der Waals surface area contributed by atoms with Crippen LogP contribution in [0, 0.1) is 5.41 Å². The van der Waals surface area contributed by atoms with Crippen molar-refractivity contribution in [3.05, 3.63) is 11.8 Å². The van der Waals surface area contributed by atoms with E-state index in [0.29, 0.717) is 0 Å². The van der Waals surface area contributed by atoms with Crippen LogP contribution in [0.2, 0.25) is 18.1 Å².